The molecule has 0 bridgehead atoms. The average Bonchev–Trinajstić information content (AvgIpc) is 2.42. The molecule has 1 aliphatic rings. The lowest BCUT2D eigenvalue weighted by atomic mass is 9.84. The monoisotopic (exact) mass is 255 g/mol. The fourth-order valence-corrected chi connectivity index (χ4v) is 2.35. The number of nitrogens with one attached hydrogen (secondary N) is 1. The van der Waals surface area contributed by atoms with E-state index in [4.69, 9.17) is 11.6 Å². The van der Waals surface area contributed by atoms with Crippen molar-refractivity contribution >= 4 is 17.4 Å². The second kappa shape index (κ2) is 4.78. The molecule has 0 spiro atoms. The highest BCUT2D eigenvalue weighted by Gasteiger charge is 2.29. The minimum atomic E-state index is 0.0996. The van der Waals surface area contributed by atoms with Gasteiger partial charge in [0.2, 0.25) is 0 Å². The molecule has 1 N–H and O–H groups in total. The summed E-state index contributed by atoms with van der Waals surface area (Å²) >= 11 is 6.14. The van der Waals surface area contributed by atoms with Crippen LogP contribution in [-0.4, -0.2) is 28.7 Å². The number of aromatic nitrogens is 2. The van der Waals surface area contributed by atoms with Gasteiger partial charge in [0.15, 0.2) is 0 Å². The Bertz CT molecular complexity index is 437. The molecule has 5 heteroatoms. The molecule has 1 aliphatic heterocycles. The number of carbonyl (C=O) groups excluding carboxylic acids is 1. The number of rotatable bonds is 4. The van der Waals surface area contributed by atoms with Crippen molar-refractivity contribution in [2.45, 2.75) is 20.3 Å². The maximum absolute atomic E-state index is 12.1. The molecule has 2 heterocycles. The van der Waals surface area contributed by atoms with Crippen molar-refractivity contribution in [2.75, 3.05) is 13.1 Å². The van der Waals surface area contributed by atoms with Gasteiger partial charge in [-0.1, -0.05) is 18.5 Å². The molecule has 1 atom stereocenters. The van der Waals surface area contributed by atoms with Crippen molar-refractivity contribution in [2.24, 2.45) is 18.9 Å². The number of Topliss-reactive ketones (excluding diaryl/α,β-unsaturated/α-hetero) is 1. The van der Waals surface area contributed by atoms with E-state index in [0.717, 1.165) is 24.5 Å². The SMILES string of the molecule is Cc1nn(C)c(CC(=O)C(C)C2CNC2)c1Cl. The smallest absolute Gasteiger partial charge is 0.142 e. The third-order valence-electron chi connectivity index (χ3n) is 3.63. The van der Waals surface area contributed by atoms with Gasteiger partial charge in [0.05, 0.1) is 22.8 Å². The first-order valence-corrected chi connectivity index (χ1v) is 6.30. The van der Waals surface area contributed by atoms with Gasteiger partial charge in [0.1, 0.15) is 5.78 Å². The molecule has 0 amide bonds. The lowest BCUT2D eigenvalue weighted by Gasteiger charge is -2.31. The van der Waals surface area contributed by atoms with Gasteiger partial charge in [0.25, 0.3) is 0 Å². The van der Waals surface area contributed by atoms with Crippen LogP contribution in [0.5, 0.6) is 0 Å². The van der Waals surface area contributed by atoms with Gasteiger partial charge < -0.3 is 5.32 Å². The second-order valence-electron chi connectivity index (χ2n) is 4.82. The number of halogens is 1. The molecule has 0 radical (unpaired) electrons. The quantitative estimate of drug-likeness (QED) is 0.884. The standard InChI is InChI=1S/C12H18ClN3O/c1-7(9-5-14-6-9)11(17)4-10-12(13)8(2)15-16(10)3/h7,9,14H,4-6H2,1-3H3. The van der Waals surface area contributed by atoms with E-state index in [1.165, 1.54) is 0 Å². The molecular formula is C12H18ClN3O. The molecule has 1 saturated heterocycles. The summed E-state index contributed by atoms with van der Waals surface area (Å²) in [7, 11) is 1.83. The summed E-state index contributed by atoms with van der Waals surface area (Å²) in [5.41, 5.74) is 1.61. The normalized spacial score (nSPS) is 17.9. The van der Waals surface area contributed by atoms with Crippen LogP contribution in [0.1, 0.15) is 18.3 Å². The maximum Gasteiger partial charge on any atom is 0.142 e. The molecule has 0 aromatic carbocycles. The zero-order chi connectivity index (χ0) is 12.6. The van der Waals surface area contributed by atoms with Crippen LogP contribution in [0.25, 0.3) is 0 Å². The number of aryl methyl sites for hydroxylation is 2. The summed E-state index contributed by atoms with van der Waals surface area (Å²) in [5, 5.41) is 8.04. The largest absolute Gasteiger partial charge is 0.316 e. The van der Waals surface area contributed by atoms with E-state index in [1.54, 1.807) is 4.68 Å². The van der Waals surface area contributed by atoms with Crippen LogP contribution in [0.15, 0.2) is 0 Å². The van der Waals surface area contributed by atoms with Gasteiger partial charge >= 0.3 is 0 Å². The van der Waals surface area contributed by atoms with Crippen molar-refractivity contribution in [1.82, 2.24) is 15.1 Å². The Labute approximate surface area is 106 Å². The average molecular weight is 256 g/mol. The molecule has 1 aromatic heterocycles. The van der Waals surface area contributed by atoms with E-state index >= 15 is 0 Å². The molecule has 2 rings (SSSR count). The van der Waals surface area contributed by atoms with Crippen LogP contribution < -0.4 is 5.32 Å². The van der Waals surface area contributed by atoms with Crippen molar-refractivity contribution < 1.29 is 4.79 Å². The van der Waals surface area contributed by atoms with Crippen molar-refractivity contribution in [3.63, 3.8) is 0 Å². The number of hydrogen-bond acceptors (Lipinski definition) is 3. The molecule has 94 valence electrons. The molecule has 0 saturated carbocycles. The zero-order valence-corrected chi connectivity index (χ0v) is 11.2. The highest BCUT2D eigenvalue weighted by molar-refractivity contribution is 6.32. The molecule has 1 aromatic rings. The fraction of sp³-hybridized carbons (Fsp3) is 0.667. The molecule has 4 nitrogen and oxygen atoms in total. The molecule has 17 heavy (non-hydrogen) atoms. The highest BCUT2D eigenvalue weighted by Crippen LogP contribution is 2.23. The van der Waals surface area contributed by atoms with Gasteiger partial charge in [-0.3, -0.25) is 9.48 Å². The number of carbonyl (C=O) groups is 1. The van der Waals surface area contributed by atoms with E-state index < -0.39 is 0 Å². The maximum atomic E-state index is 12.1. The van der Waals surface area contributed by atoms with Gasteiger partial charge in [-0.2, -0.15) is 5.10 Å². The Morgan fingerprint density at radius 3 is 2.71 bits per heavy atom. The van der Waals surface area contributed by atoms with Crippen LogP contribution in [0.2, 0.25) is 5.02 Å². The van der Waals surface area contributed by atoms with Crippen molar-refractivity contribution in [3.05, 3.63) is 16.4 Å². The summed E-state index contributed by atoms with van der Waals surface area (Å²) < 4.78 is 1.71. The first kappa shape index (κ1) is 12.6. The molecule has 1 unspecified atom stereocenters. The Morgan fingerprint density at radius 1 is 1.65 bits per heavy atom. The molecule has 1 fully saturated rings. The molecule has 0 aliphatic carbocycles. The fourth-order valence-electron chi connectivity index (χ4n) is 2.13. The summed E-state index contributed by atoms with van der Waals surface area (Å²) in [6.45, 7) is 5.76. The van der Waals surface area contributed by atoms with E-state index in [-0.39, 0.29) is 11.7 Å². The van der Waals surface area contributed by atoms with Crippen LogP contribution in [0.4, 0.5) is 0 Å². The zero-order valence-electron chi connectivity index (χ0n) is 10.5. The summed E-state index contributed by atoms with van der Waals surface area (Å²) in [6, 6.07) is 0. The summed E-state index contributed by atoms with van der Waals surface area (Å²) in [4.78, 5) is 12.1. The number of ketones is 1. The lowest BCUT2D eigenvalue weighted by molar-refractivity contribution is -0.123. The molecular weight excluding hydrogens is 238 g/mol. The van der Waals surface area contributed by atoms with Crippen molar-refractivity contribution in [3.8, 4) is 0 Å². The third-order valence-corrected chi connectivity index (χ3v) is 4.12. The van der Waals surface area contributed by atoms with E-state index in [2.05, 4.69) is 10.4 Å². The van der Waals surface area contributed by atoms with Crippen LogP contribution in [-0.2, 0) is 18.3 Å². The van der Waals surface area contributed by atoms with Gasteiger partial charge in [-0.15, -0.1) is 0 Å². The van der Waals surface area contributed by atoms with Gasteiger partial charge in [-0.25, -0.2) is 0 Å². The van der Waals surface area contributed by atoms with Gasteiger partial charge in [0, 0.05) is 13.0 Å². The van der Waals surface area contributed by atoms with Crippen LogP contribution in [0.3, 0.4) is 0 Å². The Kier molecular flexibility index (Phi) is 3.54. The predicted molar refractivity (Wildman–Crippen MR) is 67.2 cm³/mol. The minimum Gasteiger partial charge on any atom is -0.316 e. The van der Waals surface area contributed by atoms with Gasteiger partial charge in [-0.05, 0) is 25.9 Å². The van der Waals surface area contributed by atoms with E-state index in [1.807, 2.05) is 20.9 Å². The lowest BCUT2D eigenvalue weighted by Crippen LogP contribution is -2.47. The predicted octanol–water partition coefficient (Wildman–Crippen LogP) is 1.35. The second-order valence-corrected chi connectivity index (χ2v) is 5.20. The van der Waals surface area contributed by atoms with Crippen LogP contribution >= 0.6 is 11.6 Å². The highest BCUT2D eigenvalue weighted by atomic mass is 35.5. The van der Waals surface area contributed by atoms with E-state index in [9.17, 15) is 4.79 Å². The van der Waals surface area contributed by atoms with E-state index in [0.29, 0.717) is 17.4 Å². The number of hydrogen-bond donors (Lipinski definition) is 1. The topological polar surface area (TPSA) is 46.9 Å². The van der Waals surface area contributed by atoms with Crippen LogP contribution in [0, 0.1) is 18.8 Å². The Balaban J connectivity index is 2.07. The summed E-state index contributed by atoms with van der Waals surface area (Å²) in [6.07, 6.45) is 0.383. The Morgan fingerprint density at radius 2 is 2.29 bits per heavy atom. The van der Waals surface area contributed by atoms with Crippen molar-refractivity contribution in [1.29, 1.82) is 0 Å². The number of nitrogens with zero attached hydrogens (tertiary/aromatic N) is 2. The minimum absolute atomic E-state index is 0.0996. The first-order chi connectivity index (χ1) is 8.00. The Hall–Kier alpha value is -0.870. The summed E-state index contributed by atoms with van der Waals surface area (Å²) in [5.74, 6) is 0.833. The third kappa shape index (κ3) is 2.38. The first-order valence-electron chi connectivity index (χ1n) is 5.92.